The molecule has 2 nitrogen and oxygen atoms in total. The summed E-state index contributed by atoms with van der Waals surface area (Å²) in [6.45, 7) is 13.8. The van der Waals surface area contributed by atoms with Gasteiger partial charge in [-0.2, -0.15) is 11.3 Å². The van der Waals surface area contributed by atoms with Crippen molar-refractivity contribution in [3.63, 3.8) is 0 Å². The van der Waals surface area contributed by atoms with Crippen molar-refractivity contribution in [2.75, 3.05) is 13.1 Å². The molecular weight excluding hydrogens is 252 g/mol. The van der Waals surface area contributed by atoms with E-state index >= 15 is 0 Å². The molecule has 1 aromatic rings. The molecular formula is C16H26N2S. The summed E-state index contributed by atoms with van der Waals surface area (Å²) in [7, 11) is 0. The van der Waals surface area contributed by atoms with Crippen LogP contribution in [-0.2, 0) is 6.54 Å². The normalized spacial score (nSPS) is 16.0. The van der Waals surface area contributed by atoms with E-state index in [1.54, 1.807) is 11.3 Å². The smallest absolute Gasteiger partial charge is 0.0248 e. The second-order valence-electron chi connectivity index (χ2n) is 6.62. The molecule has 0 aliphatic heterocycles. The fourth-order valence-corrected chi connectivity index (χ4v) is 2.76. The van der Waals surface area contributed by atoms with Crippen LogP contribution in [-0.4, -0.2) is 29.6 Å². The van der Waals surface area contributed by atoms with Gasteiger partial charge >= 0.3 is 0 Å². The maximum atomic E-state index is 4.24. The first-order valence-corrected chi connectivity index (χ1v) is 8.05. The minimum Gasteiger partial charge on any atom is -0.308 e. The van der Waals surface area contributed by atoms with E-state index in [0.29, 0.717) is 0 Å². The van der Waals surface area contributed by atoms with Crippen molar-refractivity contribution < 1.29 is 0 Å². The molecule has 3 heteroatoms. The van der Waals surface area contributed by atoms with Crippen LogP contribution in [0, 0.1) is 0 Å². The third-order valence-corrected chi connectivity index (χ3v) is 4.06. The molecule has 0 aromatic carbocycles. The number of rotatable bonds is 7. The fourth-order valence-electron chi connectivity index (χ4n) is 2.10. The molecule has 0 bridgehead atoms. The van der Waals surface area contributed by atoms with Crippen molar-refractivity contribution in [2.24, 2.45) is 0 Å². The molecule has 0 amide bonds. The lowest BCUT2D eigenvalue weighted by Crippen LogP contribution is -2.39. The predicted molar refractivity (Wildman–Crippen MR) is 84.6 cm³/mol. The van der Waals surface area contributed by atoms with E-state index in [1.165, 1.54) is 24.0 Å². The molecule has 19 heavy (non-hydrogen) atoms. The van der Waals surface area contributed by atoms with Gasteiger partial charge in [0, 0.05) is 31.2 Å². The number of hydrogen-bond acceptors (Lipinski definition) is 3. The van der Waals surface area contributed by atoms with Gasteiger partial charge in [-0.05, 0) is 61.6 Å². The summed E-state index contributed by atoms with van der Waals surface area (Å²) in [5, 5.41) is 7.94. The lowest BCUT2D eigenvalue weighted by molar-refractivity contribution is 0.274. The molecule has 106 valence electrons. The van der Waals surface area contributed by atoms with Gasteiger partial charge in [-0.25, -0.2) is 0 Å². The van der Waals surface area contributed by atoms with Crippen molar-refractivity contribution in [1.29, 1.82) is 0 Å². The summed E-state index contributed by atoms with van der Waals surface area (Å²) < 4.78 is 0. The van der Waals surface area contributed by atoms with Crippen LogP contribution in [0.2, 0.25) is 0 Å². The molecule has 0 spiro atoms. The highest BCUT2D eigenvalue weighted by Gasteiger charge is 2.29. The minimum atomic E-state index is 0.167. The Hall–Kier alpha value is -0.640. The van der Waals surface area contributed by atoms with Gasteiger partial charge < -0.3 is 5.32 Å². The van der Waals surface area contributed by atoms with Crippen molar-refractivity contribution in [2.45, 2.75) is 51.7 Å². The Kier molecular flexibility index (Phi) is 4.82. The first kappa shape index (κ1) is 14.8. The van der Waals surface area contributed by atoms with Gasteiger partial charge in [0.05, 0.1) is 0 Å². The van der Waals surface area contributed by atoms with Crippen LogP contribution in [0.4, 0.5) is 0 Å². The fraction of sp³-hybridized carbons (Fsp3) is 0.625. The average Bonchev–Trinajstić information content (AvgIpc) is 3.04. The quantitative estimate of drug-likeness (QED) is 0.766. The highest BCUT2D eigenvalue weighted by atomic mass is 32.1. The Morgan fingerprint density at radius 1 is 1.47 bits per heavy atom. The Morgan fingerprint density at radius 3 is 2.74 bits per heavy atom. The van der Waals surface area contributed by atoms with Gasteiger partial charge in [0.25, 0.3) is 0 Å². The van der Waals surface area contributed by atoms with E-state index in [-0.39, 0.29) is 5.54 Å². The molecule has 1 aliphatic carbocycles. The average molecular weight is 278 g/mol. The second kappa shape index (κ2) is 6.21. The van der Waals surface area contributed by atoms with Gasteiger partial charge in [-0.1, -0.05) is 6.58 Å². The second-order valence-corrected chi connectivity index (χ2v) is 7.40. The van der Waals surface area contributed by atoms with Crippen LogP contribution in [0.1, 0.15) is 39.2 Å². The van der Waals surface area contributed by atoms with Gasteiger partial charge in [0.1, 0.15) is 0 Å². The molecule has 0 radical (unpaired) electrons. The van der Waals surface area contributed by atoms with Crippen LogP contribution in [0.15, 0.2) is 29.0 Å². The van der Waals surface area contributed by atoms with Crippen LogP contribution in [0.3, 0.4) is 0 Å². The van der Waals surface area contributed by atoms with Gasteiger partial charge in [0.2, 0.25) is 0 Å². The number of nitrogens with one attached hydrogen (secondary N) is 1. The van der Waals surface area contributed by atoms with E-state index in [9.17, 15) is 0 Å². The lowest BCUT2D eigenvalue weighted by Gasteiger charge is -2.26. The first-order valence-electron chi connectivity index (χ1n) is 7.11. The van der Waals surface area contributed by atoms with Crippen molar-refractivity contribution in [3.8, 4) is 0 Å². The van der Waals surface area contributed by atoms with E-state index < -0.39 is 0 Å². The maximum Gasteiger partial charge on any atom is 0.0248 e. The van der Waals surface area contributed by atoms with E-state index in [4.69, 9.17) is 0 Å². The third kappa shape index (κ3) is 5.47. The van der Waals surface area contributed by atoms with Gasteiger partial charge in [0.15, 0.2) is 0 Å². The number of hydrogen-bond donors (Lipinski definition) is 1. The zero-order valence-corrected chi connectivity index (χ0v) is 13.2. The Morgan fingerprint density at radius 2 is 2.21 bits per heavy atom. The Balaban J connectivity index is 1.81. The van der Waals surface area contributed by atoms with Crippen molar-refractivity contribution >= 4 is 11.3 Å². The summed E-state index contributed by atoms with van der Waals surface area (Å²) in [6.07, 6.45) is 2.70. The molecule has 1 aliphatic rings. The minimum absolute atomic E-state index is 0.167. The van der Waals surface area contributed by atoms with Crippen molar-refractivity contribution in [1.82, 2.24) is 10.2 Å². The highest BCUT2D eigenvalue weighted by molar-refractivity contribution is 7.07. The highest BCUT2D eigenvalue weighted by Crippen LogP contribution is 2.29. The zero-order valence-electron chi connectivity index (χ0n) is 12.4. The number of nitrogens with zero attached hydrogens (tertiary/aromatic N) is 1. The summed E-state index contributed by atoms with van der Waals surface area (Å²) in [6, 6.07) is 3.02. The summed E-state index contributed by atoms with van der Waals surface area (Å²) in [4.78, 5) is 2.58. The Bertz CT molecular complexity index is 399. The van der Waals surface area contributed by atoms with Crippen LogP contribution < -0.4 is 5.32 Å². The van der Waals surface area contributed by atoms with Gasteiger partial charge in [-0.3, -0.25) is 4.90 Å². The van der Waals surface area contributed by atoms with Gasteiger partial charge in [-0.15, -0.1) is 0 Å². The van der Waals surface area contributed by atoms with Crippen LogP contribution >= 0.6 is 11.3 Å². The molecule has 1 saturated carbocycles. The molecule has 1 fully saturated rings. The molecule has 1 heterocycles. The SMILES string of the molecule is C=C(CNC(C)(C)C)CN(Cc1ccsc1)C1CC1. The topological polar surface area (TPSA) is 15.3 Å². The molecule has 0 saturated heterocycles. The number of thiophene rings is 1. The van der Waals surface area contributed by atoms with E-state index in [2.05, 4.69) is 54.4 Å². The van der Waals surface area contributed by atoms with Crippen LogP contribution in [0.25, 0.3) is 0 Å². The largest absolute Gasteiger partial charge is 0.308 e. The molecule has 2 rings (SSSR count). The first-order chi connectivity index (χ1) is 8.94. The lowest BCUT2D eigenvalue weighted by atomic mass is 10.1. The molecule has 0 atom stereocenters. The summed E-state index contributed by atoms with van der Waals surface area (Å²) in [5.74, 6) is 0. The summed E-state index contributed by atoms with van der Waals surface area (Å²) >= 11 is 1.78. The van der Waals surface area contributed by atoms with Crippen LogP contribution in [0.5, 0.6) is 0 Å². The summed E-state index contributed by atoms with van der Waals surface area (Å²) in [5.41, 5.74) is 2.89. The maximum absolute atomic E-state index is 4.24. The third-order valence-electron chi connectivity index (χ3n) is 3.32. The zero-order chi connectivity index (χ0) is 13.9. The standard InChI is InChI=1S/C16H26N2S/c1-13(9-17-16(2,3)4)10-18(15-5-6-15)11-14-7-8-19-12-14/h7-8,12,15,17H,1,5-6,9-11H2,2-4H3. The molecule has 1 N–H and O–H groups in total. The predicted octanol–water partition coefficient (Wildman–Crippen LogP) is 3.66. The monoisotopic (exact) mass is 278 g/mol. The Labute approximate surface area is 121 Å². The van der Waals surface area contributed by atoms with Crippen molar-refractivity contribution in [3.05, 3.63) is 34.5 Å². The van der Waals surface area contributed by atoms with E-state index in [1.807, 2.05) is 0 Å². The van der Waals surface area contributed by atoms with E-state index in [0.717, 1.165) is 25.7 Å². The molecule has 1 aromatic heterocycles. The molecule has 0 unspecified atom stereocenters.